The van der Waals surface area contributed by atoms with Crippen molar-refractivity contribution in [1.29, 1.82) is 0 Å². The number of carbonyl (C=O) groups excluding carboxylic acids is 1. The van der Waals surface area contributed by atoms with Crippen molar-refractivity contribution in [1.82, 2.24) is 4.98 Å². The van der Waals surface area contributed by atoms with Crippen LogP contribution in [-0.4, -0.2) is 10.9 Å². The van der Waals surface area contributed by atoms with Crippen LogP contribution in [0.15, 0.2) is 115 Å². The highest BCUT2D eigenvalue weighted by molar-refractivity contribution is 6.35. The maximum absolute atomic E-state index is 14.8. The minimum absolute atomic E-state index is 0.0822. The van der Waals surface area contributed by atoms with Crippen LogP contribution in [0.1, 0.15) is 39.8 Å². The maximum atomic E-state index is 14.8. The van der Waals surface area contributed by atoms with Crippen molar-refractivity contribution in [2.45, 2.75) is 25.4 Å². The van der Waals surface area contributed by atoms with Crippen LogP contribution in [0, 0.1) is 12.7 Å². The summed E-state index contributed by atoms with van der Waals surface area (Å²) in [6.45, 7) is 2.30. The molecule has 4 aromatic carbocycles. The van der Waals surface area contributed by atoms with Gasteiger partial charge in [0.05, 0.1) is 10.9 Å². The van der Waals surface area contributed by atoms with Gasteiger partial charge in [-0.2, -0.15) is 0 Å². The number of pyridine rings is 1. The van der Waals surface area contributed by atoms with Crippen molar-refractivity contribution in [2.75, 3.05) is 5.32 Å². The molecule has 0 radical (unpaired) electrons. The summed E-state index contributed by atoms with van der Waals surface area (Å²) in [6.07, 6.45) is 1.75. The van der Waals surface area contributed by atoms with E-state index in [9.17, 15) is 9.18 Å². The lowest BCUT2D eigenvalue weighted by atomic mass is 9.76. The van der Waals surface area contributed by atoms with Crippen LogP contribution in [-0.2, 0) is 11.4 Å². The molecular weight excluding hydrogens is 558 g/mol. The van der Waals surface area contributed by atoms with E-state index >= 15 is 0 Å². The SMILES string of the molecule is Cc1ncccc1COc1ccc(C(C(=O)Nc2ccccc2)C(c2ccccc2)c2cc(F)c(Cl)cc2Cl)cc1. The molecule has 4 nitrogen and oxygen atoms in total. The van der Waals surface area contributed by atoms with E-state index in [0.29, 0.717) is 29.2 Å². The Labute approximate surface area is 248 Å². The number of rotatable bonds is 9. The number of aryl methyl sites for hydroxylation is 1. The molecule has 0 aliphatic rings. The predicted molar refractivity (Wildman–Crippen MR) is 162 cm³/mol. The largest absolute Gasteiger partial charge is 0.489 e. The average molecular weight is 586 g/mol. The summed E-state index contributed by atoms with van der Waals surface area (Å²) in [5.41, 5.74) is 4.51. The zero-order valence-corrected chi connectivity index (χ0v) is 23.7. The van der Waals surface area contributed by atoms with E-state index in [-0.39, 0.29) is 16.0 Å². The van der Waals surface area contributed by atoms with E-state index in [1.165, 1.54) is 12.1 Å². The number of para-hydroxylation sites is 1. The molecule has 1 N–H and O–H groups in total. The molecule has 5 aromatic rings. The fraction of sp³-hybridized carbons (Fsp3) is 0.118. The van der Waals surface area contributed by atoms with Gasteiger partial charge in [-0.1, -0.05) is 89.9 Å². The highest BCUT2D eigenvalue weighted by Gasteiger charge is 2.34. The number of halogens is 3. The number of nitrogens with zero attached hydrogens (tertiary/aromatic N) is 1. The fourth-order valence-electron chi connectivity index (χ4n) is 4.83. The smallest absolute Gasteiger partial charge is 0.232 e. The highest BCUT2D eigenvalue weighted by Crippen LogP contribution is 2.43. The van der Waals surface area contributed by atoms with E-state index in [4.69, 9.17) is 27.9 Å². The van der Waals surface area contributed by atoms with Crippen molar-refractivity contribution in [3.05, 3.63) is 159 Å². The Balaban J connectivity index is 1.56. The number of hydrogen-bond donors (Lipinski definition) is 1. The van der Waals surface area contributed by atoms with Crippen LogP contribution in [0.4, 0.5) is 10.1 Å². The summed E-state index contributed by atoms with van der Waals surface area (Å²) >= 11 is 12.7. The van der Waals surface area contributed by atoms with E-state index in [2.05, 4.69) is 10.3 Å². The van der Waals surface area contributed by atoms with Gasteiger partial charge in [-0.15, -0.1) is 0 Å². The van der Waals surface area contributed by atoms with Gasteiger partial charge in [-0.25, -0.2) is 4.39 Å². The van der Waals surface area contributed by atoms with Crippen molar-refractivity contribution in [3.63, 3.8) is 0 Å². The lowest BCUT2D eigenvalue weighted by Crippen LogP contribution is -2.27. The highest BCUT2D eigenvalue weighted by atomic mass is 35.5. The Morgan fingerprint density at radius 1 is 0.854 bits per heavy atom. The number of hydrogen-bond acceptors (Lipinski definition) is 3. The molecule has 1 heterocycles. The van der Waals surface area contributed by atoms with Crippen LogP contribution in [0.3, 0.4) is 0 Å². The minimum Gasteiger partial charge on any atom is -0.489 e. The molecule has 2 unspecified atom stereocenters. The van der Waals surface area contributed by atoms with Crippen LogP contribution in [0.25, 0.3) is 0 Å². The van der Waals surface area contributed by atoms with Gasteiger partial charge in [0.1, 0.15) is 18.2 Å². The number of carbonyl (C=O) groups is 1. The number of anilines is 1. The van der Waals surface area contributed by atoms with Gasteiger partial charge in [-0.05, 0) is 66.1 Å². The first-order valence-corrected chi connectivity index (χ1v) is 13.8. The van der Waals surface area contributed by atoms with Gasteiger partial charge < -0.3 is 10.1 Å². The molecule has 2 atom stereocenters. The van der Waals surface area contributed by atoms with Crippen LogP contribution >= 0.6 is 23.2 Å². The van der Waals surface area contributed by atoms with E-state index in [1.54, 1.807) is 6.20 Å². The van der Waals surface area contributed by atoms with Gasteiger partial charge >= 0.3 is 0 Å². The van der Waals surface area contributed by atoms with Crippen molar-refractivity contribution < 1.29 is 13.9 Å². The maximum Gasteiger partial charge on any atom is 0.232 e. The lowest BCUT2D eigenvalue weighted by Gasteiger charge is -2.29. The molecule has 0 bridgehead atoms. The van der Waals surface area contributed by atoms with Gasteiger partial charge in [0, 0.05) is 34.1 Å². The molecule has 0 saturated heterocycles. The molecule has 41 heavy (non-hydrogen) atoms. The topological polar surface area (TPSA) is 51.2 Å². The van der Waals surface area contributed by atoms with E-state index in [0.717, 1.165) is 16.8 Å². The van der Waals surface area contributed by atoms with Crippen LogP contribution in [0.2, 0.25) is 10.0 Å². The van der Waals surface area contributed by atoms with Crippen LogP contribution < -0.4 is 10.1 Å². The third kappa shape index (κ3) is 6.76. The molecule has 1 amide bonds. The molecular formula is C34H27Cl2FN2O2. The Hall–Kier alpha value is -4.19. The lowest BCUT2D eigenvalue weighted by molar-refractivity contribution is -0.117. The molecule has 0 fully saturated rings. The summed E-state index contributed by atoms with van der Waals surface area (Å²) in [6, 6.07) is 32.6. The Kier molecular flexibility index (Phi) is 8.98. The number of nitrogens with one attached hydrogen (secondary N) is 1. The summed E-state index contributed by atoms with van der Waals surface area (Å²) in [5, 5.41) is 3.22. The molecule has 206 valence electrons. The summed E-state index contributed by atoms with van der Waals surface area (Å²) in [4.78, 5) is 18.4. The average Bonchev–Trinajstić information content (AvgIpc) is 2.99. The number of ether oxygens (including phenoxy) is 1. The third-order valence-corrected chi connectivity index (χ3v) is 7.56. The van der Waals surface area contributed by atoms with Gasteiger partial charge in [0.15, 0.2) is 0 Å². The molecule has 7 heteroatoms. The first-order valence-electron chi connectivity index (χ1n) is 13.1. The van der Waals surface area contributed by atoms with Crippen molar-refractivity contribution >= 4 is 34.8 Å². The number of amides is 1. The molecule has 0 aliphatic carbocycles. The van der Waals surface area contributed by atoms with Crippen molar-refractivity contribution in [3.8, 4) is 5.75 Å². The molecule has 0 spiro atoms. The first kappa shape index (κ1) is 28.3. The second-order valence-corrected chi connectivity index (χ2v) is 10.4. The summed E-state index contributed by atoms with van der Waals surface area (Å²) in [5.74, 6) is -1.62. The standard InChI is InChI=1S/C34H27Cl2FN2O2/c1-22-25(11-8-18-38-22)21-41-27-16-14-24(15-17-27)33(34(40)39-26-12-6-3-7-13-26)32(23-9-4-2-5-10-23)28-19-31(37)30(36)20-29(28)35/h2-20,32-33H,21H2,1H3,(H,39,40). The van der Waals surface area contributed by atoms with Gasteiger partial charge in [0.2, 0.25) is 5.91 Å². The summed E-state index contributed by atoms with van der Waals surface area (Å²) in [7, 11) is 0. The van der Waals surface area contributed by atoms with Crippen LogP contribution in [0.5, 0.6) is 5.75 Å². The van der Waals surface area contributed by atoms with Gasteiger partial charge in [-0.3, -0.25) is 9.78 Å². The fourth-order valence-corrected chi connectivity index (χ4v) is 5.33. The van der Waals surface area contributed by atoms with Gasteiger partial charge in [0.25, 0.3) is 0 Å². The third-order valence-electron chi connectivity index (χ3n) is 6.94. The molecule has 1 aromatic heterocycles. The molecule has 5 rings (SSSR count). The van der Waals surface area contributed by atoms with E-state index in [1.807, 2.05) is 104 Å². The Morgan fingerprint density at radius 2 is 1.54 bits per heavy atom. The second-order valence-electron chi connectivity index (χ2n) is 9.61. The zero-order valence-electron chi connectivity index (χ0n) is 22.2. The molecule has 0 aliphatic heterocycles. The Bertz CT molecular complexity index is 1630. The number of benzene rings is 4. The second kappa shape index (κ2) is 13.0. The minimum atomic E-state index is -0.773. The summed E-state index contributed by atoms with van der Waals surface area (Å²) < 4.78 is 20.9. The predicted octanol–water partition coefficient (Wildman–Crippen LogP) is 8.97. The number of aromatic nitrogens is 1. The zero-order chi connectivity index (χ0) is 28.8. The quantitative estimate of drug-likeness (QED) is 0.176. The van der Waals surface area contributed by atoms with E-state index < -0.39 is 17.7 Å². The Morgan fingerprint density at radius 3 is 2.22 bits per heavy atom. The van der Waals surface area contributed by atoms with Crippen molar-refractivity contribution in [2.24, 2.45) is 0 Å². The molecule has 0 saturated carbocycles. The normalized spacial score (nSPS) is 12.4. The first-order chi connectivity index (χ1) is 19.9. The monoisotopic (exact) mass is 584 g/mol.